The Morgan fingerprint density at radius 1 is 1.32 bits per heavy atom. The number of carbonyl (C=O) groups excluding carboxylic acids is 3. The van der Waals surface area contributed by atoms with Crippen LogP contribution >= 0.6 is 0 Å². The van der Waals surface area contributed by atoms with Gasteiger partial charge in [0.1, 0.15) is 18.1 Å². The summed E-state index contributed by atoms with van der Waals surface area (Å²) < 4.78 is 0. The molecule has 1 heterocycles. The van der Waals surface area contributed by atoms with E-state index in [1.807, 2.05) is 5.43 Å². The number of nitrogens with zero attached hydrogens (tertiary/aromatic N) is 1. The van der Waals surface area contributed by atoms with E-state index in [2.05, 4.69) is 5.32 Å². The lowest BCUT2D eigenvalue weighted by Crippen LogP contribution is -2.57. The van der Waals surface area contributed by atoms with Crippen LogP contribution in [0.4, 0.5) is 0 Å². The van der Waals surface area contributed by atoms with Crippen LogP contribution in [0.2, 0.25) is 0 Å². The van der Waals surface area contributed by atoms with Gasteiger partial charge in [-0.1, -0.05) is 0 Å². The summed E-state index contributed by atoms with van der Waals surface area (Å²) in [6, 6.07) is -2.58. The smallest absolute Gasteiger partial charge is 0.256 e. The zero-order chi connectivity index (χ0) is 19.0. The molecule has 3 amide bonds. The third kappa shape index (κ3) is 5.92. The van der Waals surface area contributed by atoms with Crippen LogP contribution in [0, 0.1) is 0 Å². The van der Waals surface area contributed by atoms with E-state index >= 15 is 0 Å². The normalized spacial score (nSPS) is 20.7. The van der Waals surface area contributed by atoms with Gasteiger partial charge in [0.2, 0.25) is 11.8 Å². The zero-order valence-electron chi connectivity index (χ0n) is 14.6. The van der Waals surface area contributed by atoms with Crippen molar-refractivity contribution in [1.29, 1.82) is 0 Å². The zero-order valence-corrected chi connectivity index (χ0v) is 14.6. The second-order valence-electron chi connectivity index (χ2n) is 6.31. The minimum atomic E-state index is -1.08. The molecular weight excluding hydrogens is 328 g/mol. The van der Waals surface area contributed by atoms with Gasteiger partial charge in [-0.2, -0.15) is 0 Å². The molecule has 25 heavy (non-hydrogen) atoms. The molecule has 0 bridgehead atoms. The monoisotopic (exact) mass is 358 g/mol. The molecule has 0 aromatic heterocycles. The van der Waals surface area contributed by atoms with Gasteiger partial charge in [0.25, 0.3) is 5.91 Å². The highest BCUT2D eigenvalue weighted by molar-refractivity contribution is 5.93. The van der Waals surface area contributed by atoms with E-state index in [9.17, 15) is 19.5 Å². The van der Waals surface area contributed by atoms with Crippen molar-refractivity contribution < 1.29 is 19.5 Å². The quantitative estimate of drug-likeness (QED) is 0.112. The van der Waals surface area contributed by atoms with Crippen LogP contribution in [-0.2, 0) is 14.4 Å². The van der Waals surface area contributed by atoms with Crippen molar-refractivity contribution in [2.75, 3.05) is 13.1 Å². The van der Waals surface area contributed by atoms with E-state index in [-0.39, 0.29) is 0 Å². The fourth-order valence-electron chi connectivity index (χ4n) is 2.83. The van der Waals surface area contributed by atoms with Crippen LogP contribution in [0.3, 0.4) is 0 Å². The minimum Gasteiger partial charge on any atom is -0.391 e. The summed E-state index contributed by atoms with van der Waals surface area (Å²) in [4.78, 5) is 38.1. The molecule has 0 radical (unpaired) electrons. The number of nitrogens with one attached hydrogen (secondary N) is 2. The molecule has 10 nitrogen and oxygen atoms in total. The van der Waals surface area contributed by atoms with E-state index in [1.165, 1.54) is 11.8 Å². The molecule has 10 heteroatoms. The molecule has 0 aromatic rings. The number of unbranched alkanes of at least 4 members (excludes halogenated alkanes) is 1. The lowest BCUT2D eigenvalue weighted by atomic mass is 10.1. The number of likely N-dealkylation sites (tertiary alicyclic amines) is 1. The maximum atomic E-state index is 12.6. The van der Waals surface area contributed by atoms with Crippen LogP contribution in [-0.4, -0.2) is 65.0 Å². The van der Waals surface area contributed by atoms with Crippen LogP contribution in [0.25, 0.3) is 0 Å². The Bertz CT molecular complexity index is 473. The maximum Gasteiger partial charge on any atom is 0.256 e. The molecule has 4 atom stereocenters. The lowest BCUT2D eigenvalue weighted by Gasteiger charge is -2.28. The van der Waals surface area contributed by atoms with Gasteiger partial charge in [-0.3, -0.25) is 19.8 Å². The molecule has 144 valence electrons. The molecule has 1 aliphatic heterocycles. The van der Waals surface area contributed by atoms with Crippen molar-refractivity contribution in [2.24, 2.45) is 17.3 Å². The van der Waals surface area contributed by atoms with Crippen molar-refractivity contribution in [3.8, 4) is 0 Å². The first-order chi connectivity index (χ1) is 11.8. The largest absolute Gasteiger partial charge is 0.391 e. The van der Waals surface area contributed by atoms with Gasteiger partial charge >= 0.3 is 0 Å². The number of carbonyl (C=O) groups is 3. The molecule has 0 aliphatic carbocycles. The number of rotatable bonds is 9. The van der Waals surface area contributed by atoms with Crippen LogP contribution in [0.5, 0.6) is 0 Å². The van der Waals surface area contributed by atoms with Crippen molar-refractivity contribution >= 4 is 17.7 Å². The molecule has 1 saturated heterocycles. The number of hydrogen-bond acceptors (Lipinski definition) is 7. The second-order valence-corrected chi connectivity index (χ2v) is 6.31. The van der Waals surface area contributed by atoms with E-state index < -0.39 is 42.0 Å². The Morgan fingerprint density at radius 2 is 2.00 bits per heavy atom. The highest BCUT2D eigenvalue weighted by Gasteiger charge is 2.38. The number of hydrogen-bond donors (Lipinski definition) is 6. The van der Waals surface area contributed by atoms with Gasteiger partial charge in [0.05, 0.1) is 6.10 Å². The number of nitrogens with two attached hydrogens (primary N) is 3. The standard InChI is InChI=1S/C15H30N6O4/c1-9(22)12(17)15(25)21-8-4-6-11(21)14(24)19-10(13(23)20-18)5-2-3-7-16/h9-12,22H,2-8,16-18H2,1H3,(H,19,24)(H,20,23)/t9-,10+,11+,12+/m1/s1. The minimum absolute atomic E-state index is 0.387. The Kier molecular flexibility index (Phi) is 8.76. The molecule has 9 N–H and O–H groups in total. The molecule has 1 rings (SSSR count). The Hall–Kier alpha value is -1.75. The predicted molar refractivity (Wildman–Crippen MR) is 91.6 cm³/mol. The highest BCUT2D eigenvalue weighted by Crippen LogP contribution is 2.19. The van der Waals surface area contributed by atoms with E-state index in [1.54, 1.807) is 0 Å². The van der Waals surface area contributed by atoms with Crippen molar-refractivity contribution in [1.82, 2.24) is 15.6 Å². The predicted octanol–water partition coefficient (Wildman–Crippen LogP) is -2.71. The Labute approximate surface area is 147 Å². The molecule has 0 unspecified atom stereocenters. The van der Waals surface area contributed by atoms with E-state index in [4.69, 9.17) is 17.3 Å². The van der Waals surface area contributed by atoms with Crippen LogP contribution in [0.15, 0.2) is 0 Å². The summed E-state index contributed by atoms with van der Waals surface area (Å²) in [6.45, 7) is 2.30. The first-order valence-corrected chi connectivity index (χ1v) is 8.58. The Balaban J connectivity index is 2.74. The summed E-state index contributed by atoms with van der Waals surface area (Å²) in [7, 11) is 0. The number of amides is 3. The summed E-state index contributed by atoms with van der Waals surface area (Å²) >= 11 is 0. The van der Waals surface area contributed by atoms with E-state index in [0.29, 0.717) is 38.8 Å². The number of aliphatic hydroxyl groups excluding tert-OH is 1. The fraction of sp³-hybridized carbons (Fsp3) is 0.800. The third-order valence-electron chi connectivity index (χ3n) is 4.37. The summed E-state index contributed by atoms with van der Waals surface area (Å²) in [5.41, 5.74) is 13.2. The average Bonchev–Trinajstić information content (AvgIpc) is 3.08. The van der Waals surface area contributed by atoms with Crippen LogP contribution < -0.4 is 28.1 Å². The number of hydrazine groups is 1. The van der Waals surface area contributed by atoms with Gasteiger partial charge in [0, 0.05) is 6.54 Å². The third-order valence-corrected chi connectivity index (χ3v) is 4.37. The summed E-state index contributed by atoms with van der Waals surface area (Å²) in [5, 5.41) is 12.1. The SMILES string of the molecule is C[C@@H](O)[C@H](N)C(=O)N1CCC[C@H]1C(=O)N[C@@H](CCCCN)C(=O)NN. The molecule has 1 aliphatic rings. The second kappa shape index (κ2) is 10.3. The van der Waals surface area contributed by atoms with Gasteiger partial charge in [0.15, 0.2) is 0 Å². The number of aliphatic hydroxyl groups is 1. The van der Waals surface area contributed by atoms with Gasteiger partial charge in [-0.15, -0.1) is 0 Å². The molecular formula is C15H30N6O4. The van der Waals surface area contributed by atoms with Crippen molar-refractivity contribution in [3.05, 3.63) is 0 Å². The molecule has 1 fully saturated rings. The van der Waals surface area contributed by atoms with Gasteiger partial charge in [-0.25, -0.2) is 5.84 Å². The van der Waals surface area contributed by atoms with E-state index in [0.717, 1.165) is 6.42 Å². The van der Waals surface area contributed by atoms with Gasteiger partial charge < -0.3 is 26.8 Å². The molecule has 0 saturated carbocycles. The van der Waals surface area contributed by atoms with Crippen molar-refractivity contribution in [3.63, 3.8) is 0 Å². The van der Waals surface area contributed by atoms with Crippen LogP contribution in [0.1, 0.15) is 39.0 Å². The topological polar surface area (TPSA) is 177 Å². The maximum absolute atomic E-state index is 12.6. The summed E-state index contributed by atoms with van der Waals surface area (Å²) in [5.74, 6) is 3.77. The molecule has 0 spiro atoms. The lowest BCUT2D eigenvalue weighted by molar-refractivity contribution is -0.141. The molecule has 0 aromatic carbocycles. The van der Waals surface area contributed by atoms with Gasteiger partial charge in [-0.05, 0) is 45.6 Å². The highest BCUT2D eigenvalue weighted by atomic mass is 16.3. The Morgan fingerprint density at radius 3 is 2.56 bits per heavy atom. The fourth-order valence-corrected chi connectivity index (χ4v) is 2.83. The first-order valence-electron chi connectivity index (χ1n) is 8.58. The summed E-state index contributed by atoms with van der Waals surface area (Å²) in [6.07, 6.45) is 1.90. The average molecular weight is 358 g/mol. The first kappa shape index (κ1) is 21.3. The van der Waals surface area contributed by atoms with Crippen molar-refractivity contribution in [2.45, 2.75) is 63.3 Å².